The molecule has 11 aliphatic heterocycles. The predicted octanol–water partition coefficient (Wildman–Crippen LogP) is 13.5. The van der Waals surface area contributed by atoms with Gasteiger partial charge in [-0.05, 0) is 249 Å². The number of aromatic nitrogens is 2. The maximum atomic E-state index is 4.50. The number of aliphatic imine (C=N–C) groups is 2. The van der Waals surface area contributed by atoms with Crippen LogP contribution in [0.5, 0.6) is 0 Å². The van der Waals surface area contributed by atoms with E-state index in [1.807, 2.05) is 49.3 Å². The Morgan fingerprint density at radius 1 is 0.480 bits per heavy atom. The van der Waals surface area contributed by atoms with Gasteiger partial charge in [-0.3, -0.25) is 29.8 Å². The van der Waals surface area contributed by atoms with Gasteiger partial charge in [-0.25, -0.2) is 0 Å². The van der Waals surface area contributed by atoms with Gasteiger partial charge < -0.3 is 54.3 Å². The van der Waals surface area contributed by atoms with Crippen LogP contribution in [0.4, 0.5) is 5.69 Å². The summed E-state index contributed by atoms with van der Waals surface area (Å²) in [6.45, 7) is 32.0. The maximum absolute atomic E-state index is 4.50. The van der Waals surface area contributed by atoms with Crippen molar-refractivity contribution in [2.45, 2.75) is 251 Å². The third-order valence-corrected chi connectivity index (χ3v) is 23.2. The molecule has 7 saturated heterocycles. The van der Waals surface area contributed by atoms with E-state index in [1.54, 1.807) is 36.9 Å². The predicted molar refractivity (Wildman–Crippen MR) is 418 cm³/mol. The highest BCUT2D eigenvalue weighted by Gasteiger charge is 2.46. The molecule has 1 N–H and O–H groups in total. The van der Waals surface area contributed by atoms with Gasteiger partial charge in [-0.2, -0.15) is 0 Å². The quantitative estimate of drug-likeness (QED) is 0.297. The lowest BCUT2D eigenvalue weighted by atomic mass is 9.71. The van der Waals surface area contributed by atoms with Crippen molar-refractivity contribution in [2.24, 2.45) is 21.8 Å². The number of allylic oxidation sites excluding steroid dienone is 4. The van der Waals surface area contributed by atoms with E-state index in [2.05, 4.69) is 176 Å². The van der Waals surface area contributed by atoms with Crippen LogP contribution in [0.3, 0.4) is 0 Å². The summed E-state index contributed by atoms with van der Waals surface area (Å²) < 4.78 is 0. The highest BCUT2D eigenvalue weighted by Crippen LogP contribution is 2.43. The molecule has 13 aliphatic rings. The lowest BCUT2D eigenvalue weighted by molar-refractivity contribution is -0.0718. The molecule has 2 bridgehead atoms. The molecule has 2 aromatic heterocycles. The third-order valence-electron chi connectivity index (χ3n) is 23.2. The minimum absolute atomic E-state index is 0.610. The number of anilines is 1. The molecule has 15 rings (SSSR count). The second-order valence-electron chi connectivity index (χ2n) is 31.8. The van der Waals surface area contributed by atoms with Gasteiger partial charge in [-0.15, -0.1) is 0 Å². The molecule has 0 spiro atoms. The van der Waals surface area contributed by atoms with Crippen molar-refractivity contribution in [1.29, 1.82) is 0 Å². The average molecular weight is 1360 g/mol. The molecular weight excluding hydrogens is 1210 g/mol. The standard InChI is InChI=1S/C15H26N2.C11H22N2.C10H22N2.C10H17N.C8H15N3.C8H17N.C7H13N3.C7H10N2.C5H5N/c1-3-7-16-11-13-9-12(14(16)5-1)10-17-8-4-2-6-15(13)17;1-8(2)12-7-13(9(3)4)11(6)10(12)5;1-11(2)9-7-5-6-8-10(9)12(3)4;1-2-6-10-7-3-5-9-11(10)8-4-1;1-10-5-3-7-11-6-2-4-9-8(10)11;1-9(2)8-6-4-3-5-7-8;1-3-8-7-9-4-2-6-10(7)5-1;1-9(2)7-3-5-8-6-4-7;1-2-4-6-5-3-1/h12-15H,1-11H2;8-9H,7H2,1-6H3;9-10H,5-8H2,1-4H3;7H,1-6,8-9H2;2-7H2,1H3;8H,3-7H2,1-2H3;1-6H2,(H,8,9);3-6H,1-2H3;1-5H/t12-,13-,14-,15+;;9-,10-;;;;;;/m1.0....../s1. The summed E-state index contributed by atoms with van der Waals surface area (Å²) in [4.78, 5) is 46.0. The number of fused-ring (bicyclic) bond motifs is 9. The Hall–Kier alpha value is -4.68. The number of hydrogen-bond acceptors (Lipinski definition) is 17. The zero-order valence-corrected chi connectivity index (χ0v) is 65.6. The van der Waals surface area contributed by atoms with Gasteiger partial charge in [0.15, 0.2) is 11.9 Å². The number of piperidine rings is 4. The summed E-state index contributed by atoms with van der Waals surface area (Å²) in [6.07, 6.45) is 46.1. The number of nitrogens with one attached hydrogen (secondary N) is 1. The van der Waals surface area contributed by atoms with Crippen LogP contribution in [-0.4, -0.2) is 280 Å². The Labute approximate surface area is 601 Å². The van der Waals surface area contributed by atoms with Crippen molar-refractivity contribution >= 4 is 17.6 Å². The molecule has 0 amide bonds. The van der Waals surface area contributed by atoms with Crippen LogP contribution >= 0.6 is 0 Å². The average Bonchev–Trinajstić information content (AvgIpc) is 0.977. The normalized spacial score (nSPS) is 26.1. The molecule has 17 nitrogen and oxygen atoms in total. The second kappa shape index (κ2) is 44.0. The Balaban J connectivity index is 0.000000157. The molecule has 17 heteroatoms. The molecule has 0 radical (unpaired) electrons. The van der Waals surface area contributed by atoms with E-state index in [1.165, 1.54) is 256 Å². The number of hydrogen-bond donors (Lipinski definition) is 1. The Kier molecular flexibility index (Phi) is 36.2. The highest BCUT2D eigenvalue weighted by molar-refractivity contribution is 5.81. The van der Waals surface area contributed by atoms with Gasteiger partial charge in [0, 0.05) is 190 Å². The maximum Gasteiger partial charge on any atom is 0.196 e. The lowest BCUT2D eigenvalue weighted by Crippen LogP contribution is -2.63. The minimum atomic E-state index is 0.610. The fourth-order valence-electron chi connectivity index (χ4n) is 17.4. The topological polar surface area (TPSA) is 101 Å². The Morgan fingerprint density at radius 2 is 0.990 bits per heavy atom. The highest BCUT2D eigenvalue weighted by atomic mass is 15.4. The first-order valence-electron chi connectivity index (χ1n) is 40.0. The van der Waals surface area contributed by atoms with E-state index in [4.69, 9.17) is 0 Å². The van der Waals surface area contributed by atoms with E-state index in [9.17, 15) is 0 Å². The molecule has 0 unspecified atom stereocenters. The molecule has 13 heterocycles. The van der Waals surface area contributed by atoms with Crippen LogP contribution in [0.2, 0.25) is 0 Å². The van der Waals surface area contributed by atoms with Crippen LogP contribution in [0, 0.1) is 11.8 Å². The number of pyridine rings is 2. The van der Waals surface area contributed by atoms with Crippen molar-refractivity contribution in [1.82, 2.24) is 69.2 Å². The summed E-state index contributed by atoms with van der Waals surface area (Å²) in [5.74, 6) is 4.40. The van der Waals surface area contributed by atoms with Gasteiger partial charge in [0.05, 0.1) is 6.67 Å². The number of nitrogens with zero attached hydrogens (tertiary/aromatic N) is 16. The monoisotopic (exact) mass is 1360 g/mol. The molecule has 9 fully saturated rings. The second-order valence-corrected chi connectivity index (χ2v) is 31.8. The number of guanidine groups is 2. The van der Waals surface area contributed by atoms with Crippen molar-refractivity contribution < 1.29 is 0 Å². The van der Waals surface area contributed by atoms with Crippen LogP contribution in [0.1, 0.15) is 208 Å². The molecular formula is C81H147N17. The SMILES string of the molecule is C1=C2CCCCCN2CCC1.C1CCN2C[C@H]3C[C@H](CN4CCCC[C@@H]34)[C@H]2C1.C1CN=C2NCCCN2C1.CC1=C(C)N(C(C)C)CN1C(C)C.CN(C)C1CCCCC1.CN(C)[C@H]1CCCC[C@@H]1N(C)C.CN(C)c1ccncc1.CN1CCCN2CCCN=C12.c1ccncc1. The summed E-state index contributed by atoms with van der Waals surface area (Å²) in [7, 11) is 19.3. The summed E-state index contributed by atoms with van der Waals surface area (Å²) in [5.41, 5.74) is 5.70. The van der Waals surface area contributed by atoms with Crippen LogP contribution in [0.15, 0.2) is 88.3 Å². The van der Waals surface area contributed by atoms with Gasteiger partial charge >= 0.3 is 0 Å². The molecule has 6 atom stereocenters. The smallest absolute Gasteiger partial charge is 0.196 e. The largest absolute Gasteiger partial charge is 0.378 e. The first-order valence-corrected chi connectivity index (χ1v) is 40.0. The molecule has 2 aromatic rings. The van der Waals surface area contributed by atoms with Crippen LogP contribution in [-0.2, 0) is 0 Å². The van der Waals surface area contributed by atoms with E-state index in [-0.39, 0.29) is 0 Å². The van der Waals surface area contributed by atoms with Crippen LogP contribution < -0.4 is 10.2 Å². The third kappa shape index (κ3) is 26.3. The first-order chi connectivity index (χ1) is 47.4. The fourth-order valence-corrected chi connectivity index (χ4v) is 17.4. The minimum Gasteiger partial charge on any atom is -0.378 e. The van der Waals surface area contributed by atoms with Crippen molar-refractivity contribution in [3.63, 3.8) is 0 Å². The van der Waals surface area contributed by atoms with E-state index >= 15 is 0 Å². The molecule has 556 valence electrons. The van der Waals surface area contributed by atoms with Crippen molar-refractivity contribution in [3.8, 4) is 0 Å². The Bertz CT molecular complexity index is 2470. The number of rotatable bonds is 6. The van der Waals surface area contributed by atoms with Gasteiger partial charge in [0.1, 0.15) is 0 Å². The summed E-state index contributed by atoms with van der Waals surface area (Å²) in [5, 5.41) is 3.30. The van der Waals surface area contributed by atoms with E-state index in [0.29, 0.717) is 12.1 Å². The fraction of sp³-hybridized carbons (Fsp3) is 0.802. The molecule has 2 saturated carbocycles. The van der Waals surface area contributed by atoms with E-state index < -0.39 is 0 Å². The molecule has 0 aromatic carbocycles. The molecule has 98 heavy (non-hydrogen) atoms. The Morgan fingerprint density at radius 3 is 1.49 bits per heavy atom. The first kappa shape index (κ1) is 80.6. The summed E-state index contributed by atoms with van der Waals surface area (Å²) >= 11 is 0. The zero-order valence-electron chi connectivity index (χ0n) is 65.6. The van der Waals surface area contributed by atoms with Crippen molar-refractivity contribution in [3.05, 3.63) is 78.3 Å². The summed E-state index contributed by atoms with van der Waals surface area (Å²) in [6, 6.07) is 15.2. The van der Waals surface area contributed by atoms with Gasteiger partial charge in [0.25, 0.3) is 0 Å². The van der Waals surface area contributed by atoms with E-state index in [0.717, 1.165) is 74.3 Å². The molecule has 2 aliphatic carbocycles. The van der Waals surface area contributed by atoms with Crippen molar-refractivity contribution in [2.75, 3.05) is 167 Å². The lowest BCUT2D eigenvalue weighted by Gasteiger charge is -2.57. The van der Waals surface area contributed by atoms with Crippen LogP contribution in [0.25, 0.3) is 0 Å². The zero-order chi connectivity index (χ0) is 70.2. The van der Waals surface area contributed by atoms with Gasteiger partial charge in [-0.1, -0.05) is 63.5 Å². The van der Waals surface area contributed by atoms with Gasteiger partial charge in [0.2, 0.25) is 0 Å². The number of likely N-dealkylation sites (N-methyl/N-ethyl adjacent to an activating group) is 2.